The van der Waals surface area contributed by atoms with Gasteiger partial charge < -0.3 is 4.74 Å². The molecule has 23 heavy (non-hydrogen) atoms. The first kappa shape index (κ1) is 15.2. The van der Waals surface area contributed by atoms with Crippen molar-refractivity contribution in [3.63, 3.8) is 0 Å². The summed E-state index contributed by atoms with van der Waals surface area (Å²) in [7, 11) is 0. The van der Waals surface area contributed by atoms with Gasteiger partial charge in [-0.15, -0.1) is 11.3 Å². The van der Waals surface area contributed by atoms with Crippen LogP contribution in [0.4, 0.5) is 5.13 Å². The number of anilines is 1. The Kier molecular flexibility index (Phi) is 4.63. The number of rotatable bonds is 5. The number of ether oxygens (including phenoxy) is 1. The zero-order valence-corrected chi connectivity index (χ0v) is 13.3. The third-order valence-corrected chi connectivity index (χ3v) is 3.89. The molecule has 0 saturated heterocycles. The average Bonchev–Trinajstić information content (AvgIpc) is 3.05. The van der Waals surface area contributed by atoms with Gasteiger partial charge in [-0.3, -0.25) is 15.1 Å². The first-order valence-electron chi connectivity index (χ1n) is 7.16. The highest BCUT2D eigenvalue weighted by Gasteiger charge is 2.09. The third kappa shape index (κ3) is 3.73. The fraction of sp³-hybridized carbons (Fsp3) is 0.118. The van der Waals surface area contributed by atoms with Gasteiger partial charge in [0.15, 0.2) is 5.13 Å². The second-order valence-electron chi connectivity index (χ2n) is 4.69. The molecule has 0 spiro atoms. The molecular formula is C17H15N3O2S. The molecule has 0 aliphatic heterocycles. The summed E-state index contributed by atoms with van der Waals surface area (Å²) in [5.74, 6) is 0.637. The molecule has 0 radical (unpaired) electrons. The summed E-state index contributed by atoms with van der Waals surface area (Å²) in [6.45, 7) is 2.59. The summed E-state index contributed by atoms with van der Waals surface area (Å²) in [6, 6.07) is 11.1. The summed E-state index contributed by atoms with van der Waals surface area (Å²) < 4.78 is 5.42. The quantitative estimate of drug-likeness (QED) is 0.774. The van der Waals surface area contributed by atoms with E-state index in [2.05, 4.69) is 15.3 Å². The Balaban J connectivity index is 1.71. The Morgan fingerprint density at radius 1 is 1.17 bits per heavy atom. The van der Waals surface area contributed by atoms with Crippen LogP contribution in [0.2, 0.25) is 0 Å². The maximum Gasteiger partial charge on any atom is 0.257 e. The van der Waals surface area contributed by atoms with E-state index in [1.165, 1.54) is 11.3 Å². The Labute approximate surface area is 138 Å². The average molecular weight is 325 g/mol. The van der Waals surface area contributed by atoms with E-state index in [9.17, 15) is 4.79 Å². The Bertz CT molecular complexity index is 785. The number of carbonyl (C=O) groups excluding carboxylic acids is 1. The molecule has 116 valence electrons. The second kappa shape index (κ2) is 7.02. The molecule has 0 atom stereocenters. The lowest BCUT2D eigenvalue weighted by Crippen LogP contribution is -2.11. The van der Waals surface area contributed by atoms with E-state index in [-0.39, 0.29) is 5.91 Å². The van der Waals surface area contributed by atoms with E-state index < -0.39 is 0 Å². The Morgan fingerprint density at radius 3 is 2.61 bits per heavy atom. The number of carbonyl (C=O) groups is 1. The highest BCUT2D eigenvalue weighted by Crippen LogP contribution is 2.26. The van der Waals surface area contributed by atoms with Crippen LogP contribution >= 0.6 is 11.3 Å². The van der Waals surface area contributed by atoms with Gasteiger partial charge in [0.25, 0.3) is 5.91 Å². The van der Waals surface area contributed by atoms with E-state index >= 15 is 0 Å². The van der Waals surface area contributed by atoms with Crippen LogP contribution in [0.15, 0.2) is 54.2 Å². The maximum atomic E-state index is 12.1. The number of nitrogens with zero attached hydrogens (tertiary/aromatic N) is 2. The highest BCUT2D eigenvalue weighted by molar-refractivity contribution is 7.14. The van der Waals surface area contributed by atoms with Crippen LogP contribution in [0.25, 0.3) is 11.3 Å². The van der Waals surface area contributed by atoms with Gasteiger partial charge in [-0.2, -0.15) is 0 Å². The fourth-order valence-corrected chi connectivity index (χ4v) is 2.74. The zero-order valence-electron chi connectivity index (χ0n) is 12.5. The van der Waals surface area contributed by atoms with Crippen molar-refractivity contribution < 1.29 is 9.53 Å². The number of pyridine rings is 1. The molecule has 0 unspecified atom stereocenters. The summed E-state index contributed by atoms with van der Waals surface area (Å²) in [5.41, 5.74) is 2.36. The minimum absolute atomic E-state index is 0.194. The lowest BCUT2D eigenvalue weighted by Gasteiger charge is -2.03. The van der Waals surface area contributed by atoms with Gasteiger partial charge in [0, 0.05) is 28.9 Å². The van der Waals surface area contributed by atoms with Crippen molar-refractivity contribution in [2.45, 2.75) is 6.92 Å². The molecular weight excluding hydrogens is 310 g/mol. The van der Waals surface area contributed by atoms with Crippen molar-refractivity contribution in [3.05, 3.63) is 59.7 Å². The molecule has 0 bridgehead atoms. The van der Waals surface area contributed by atoms with Crippen LogP contribution in [0, 0.1) is 0 Å². The van der Waals surface area contributed by atoms with Gasteiger partial charge in [-0.25, -0.2) is 4.98 Å². The van der Waals surface area contributed by atoms with Crippen LogP contribution in [-0.4, -0.2) is 22.5 Å². The van der Waals surface area contributed by atoms with Gasteiger partial charge in [-0.05, 0) is 43.3 Å². The summed E-state index contributed by atoms with van der Waals surface area (Å²) in [4.78, 5) is 20.4. The first-order chi connectivity index (χ1) is 11.3. The van der Waals surface area contributed by atoms with Crippen LogP contribution in [0.1, 0.15) is 17.3 Å². The molecule has 3 rings (SSSR count). The topological polar surface area (TPSA) is 64.1 Å². The van der Waals surface area contributed by atoms with Crippen molar-refractivity contribution >= 4 is 22.4 Å². The molecule has 1 amide bonds. The van der Waals surface area contributed by atoms with E-state index in [0.29, 0.717) is 17.3 Å². The monoisotopic (exact) mass is 325 g/mol. The number of aromatic nitrogens is 2. The van der Waals surface area contributed by atoms with Gasteiger partial charge >= 0.3 is 0 Å². The third-order valence-electron chi connectivity index (χ3n) is 3.13. The van der Waals surface area contributed by atoms with E-state index in [1.807, 2.05) is 36.6 Å². The summed E-state index contributed by atoms with van der Waals surface area (Å²) in [6.07, 6.45) is 3.17. The van der Waals surface area contributed by atoms with Gasteiger partial charge in [0.05, 0.1) is 12.3 Å². The first-order valence-corrected chi connectivity index (χ1v) is 8.04. The van der Waals surface area contributed by atoms with Crippen molar-refractivity contribution in [1.82, 2.24) is 9.97 Å². The van der Waals surface area contributed by atoms with Gasteiger partial charge in [-0.1, -0.05) is 0 Å². The number of nitrogens with one attached hydrogen (secondary N) is 1. The summed E-state index contributed by atoms with van der Waals surface area (Å²) in [5, 5.41) is 5.28. The lowest BCUT2D eigenvalue weighted by molar-refractivity contribution is 0.102. The predicted octanol–water partition coefficient (Wildman–Crippen LogP) is 3.86. The van der Waals surface area contributed by atoms with E-state index in [0.717, 1.165) is 17.0 Å². The standard InChI is InChI=1S/C17H15N3O2S/c1-2-22-14-5-3-12(4-6-14)15-11-23-17(19-15)20-16(21)13-7-9-18-10-8-13/h3-11H,2H2,1H3,(H,19,20,21). The molecule has 2 aromatic heterocycles. The maximum absolute atomic E-state index is 12.1. The Morgan fingerprint density at radius 2 is 1.91 bits per heavy atom. The molecule has 0 fully saturated rings. The molecule has 0 aliphatic carbocycles. The molecule has 3 aromatic rings. The second-order valence-corrected chi connectivity index (χ2v) is 5.54. The molecule has 0 aliphatic rings. The number of thiazole rings is 1. The van der Waals surface area contributed by atoms with Crippen molar-refractivity contribution in [3.8, 4) is 17.0 Å². The predicted molar refractivity (Wildman–Crippen MR) is 90.9 cm³/mol. The van der Waals surface area contributed by atoms with E-state index in [1.54, 1.807) is 24.5 Å². The van der Waals surface area contributed by atoms with Gasteiger partial charge in [0.2, 0.25) is 0 Å². The van der Waals surface area contributed by atoms with E-state index in [4.69, 9.17) is 4.74 Å². The molecule has 5 nitrogen and oxygen atoms in total. The van der Waals surface area contributed by atoms with Crippen LogP contribution in [0.5, 0.6) is 5.75 Å². The van der Waals surface area contributed by atoms with Crippen LogP contribution < -0.4 is 10.1 Å². The largest absolute Gasteiger partial charge is 0.494 e. The van der Waals surface area contributed by atoms with Crippen molar-refractivity contribution in [1.29, 1.82) is 0 Å². The zero-order chi connectivity index (χ0) is 16.1. The number of amides is 1. The van der Waals surface area contributed by atoms with Crippen LogP contribution in [-0.2, 0) is 0 Å². The van der Waals surface area contributed by atoms with Crippen molar-refractivity contribution in [2.75, 3.05) is 11.9 Å². The normalized spacial score (nSPS) is 10.3. The minimum Gasteiger partial charge on any atom is -0.494 e. The van der Waals surface area contributed by atoms with Crippen LogP contribution in [0.3, 0.4) is 0 Å². The smallest absolute Gasteiger partial charge is 0.257 e. The van der Waals surface area contributed by atoms with Gasteiger partial charge in [0.1, 0.15) is 5.75 Å². The molecule has 1 N–H and O–H groups in total. The SMILES string of the molecule is CCOc1ccc(-c2csc(NC(=O)c3ccncc3)n2)cc1. The fourth-order valence-electron chi connectivity index (χ4n) is 2.02. The highest BCUT2D eigenvalue weighted by atomic mass is 32.1. The summed E-state index contributed by atoms with van der Waals surface area (Å²) >= 11 is 1.39. The van der Waals surface area contributed by atoms with Crippen molar-refractivity contribution in [2.24, 2.45) is 0 Å². The molecule has 2 heterocycles. The Hall–Kier alpha value is -2.73. The number of benzene rings is 1. The molecule has 1 aromatic carbocycles. The molecule has 0 saturated carbocycles. The minimum atomic E-state index is -0.194. The number of hydrogen-bond donors (Lipinski definition) is 1. The lowest BCUT2D eigenvalue weighted by atomic mass is 10.2. The molecule has 6 heteroatoms. The number of hydrogen-bond acceptors (Lipinski definition) is 5.